The van der Waals surface area contributed by atoms with Crippen LogP contribution in [0.3, 0.4) is 0 Å². The second-order valence-corrected chi connectivity index (χ2v) is 5.35. The first-order valence-electron chi connectivity index (χ1n) is 6.99. The molecule has 0 unspecified atom stereocenters. The molecular formula is C14H17N3O4. The Hall–Kier alpha value is -2.15. The molecule has 3 rings (SSSR count). The van der Waals surface area contributed by atoms with Crippen LogP contribution < -0.4 is 4.74 Å². The molecule has 7 heteroatoms. The number of nitrogens with zero attached hydrogens (tertiary/aromatic N) is 3. The summed E-state index contributed by atoms with van der Waals surface area (Å²) in [4.78, 5) is 21.1. The van der Waals surface area contributed by atoms with Crippen molar-refractivity contribution in [1.29, 1.82) is 0 Å². The molecule has 0 saturated carbocycles. The highest BCUT2D eigenvalue weighted by molar-refractivity contribution is 5.81. The van der Waals surface area contributed by atoms with Crippen molar-refractivity contribution in [2.75, 3.05) is 13.1 Å². The number of hydrogen-bond donors (Lipinski definition) is 0. The third-order valence-corrected chi connectivity index (χ3v) is 3.57. The van der Waals surface area contributed by atoms with Crippen molar-refractivity contribution in [3.63, 3.8) is 0 Å². The summed E-state index contributed by atoms with van der Waals surface area (Å²) in [5, 5.41) is 5.87. The van der Waals surface area contributed by atoms with Gasteiger partial charge in [0.1, 0.15) is 5.39 Å². The Balaban J connectivity index is 1.63. The Morgan fingerprint density at radius 3 is 2.90 bits per heavy atom. The van der Waals surface area contributed by atoms with Crippen molar-refractivity contribution in [3.05, 3.63) is 17.8 Å². The molecule has 112 valence electrons. The minimum absolute atomic E-state index is 0.0767. The smallest absolute Gasteiger partial charge is 0.371 e. The summed E-state index contributed by atoms with van der Waals surface area (Å²) in [7, 11) is 0. The van der Waals surface area contributed by atoms with Crippen LogP contribution in [0, 0.1) is 12.8 Å². The van der Waals surface area contributed by atoms with Gasteiger partial charge >= 0.3 is 6.16 Å². The molecule has 2 aromatic heterocycles. The number of aromatic nitrogens is 2. The standard InChI is InChI=1S/C14H17N3O4/c1-9-5-7-17(8-6-9)21-14(18)19-13-11-4-3-10(2)15-12(11)20-16-13/h3-4,9H,5-8H2,1-2H3. The number of fused-ring (bicyclic) bond motifs is 1. The van der Waals surface area contributed by atoms with Crippen molar-refractivity contribution < 1.29 is 18.9 Å². The fourth-order valence-corrected chi connectivity index (χ4v) is 2.25. The maximum atomic E-state index is 11.8. The summed E-state index contributed by atoms with van der Waals surface area (Å²) in [6.45, 7) is 5.47. The summed E-state index contributed by atoms with van der Waals surface area (Å²) < 4.78 is 10.1. The SMILES string of the molecule is Cc1ccc2c(OC(=O)ON3CCC(C)CC3)noc2n1. The number of aryl methyl sites for hydroxylation is 1. The number of hydrogen-bond acceptors (Lipinski definition) is 7. The molecule has 0 atom stereocenters. The Labute approximate surface area is 121 Å². The second kappa shape index (κ2) is 5.69. The predicted molar refractivity (Wildman–Crippen MR) is 73.6 cm³/mol. The Kier molecular flexibility index (Phi) is 3.74. The second-order valence-electron chi connectivity index (χ2n) is 5.35. The van der Waals surface area contributed by atoms with Crippen molar-refractivity contribution in [2.24, 2.45) is 5.92 Å². The molecule has 1 fully saturated rings. The van der Waals surface area contributed by atoms with Crippen LogP contribution in [0.2, 0.25) is 0 Å². The highest BCUT2D eigenvalue weighted by Gasteiger charge is 2.22. The van der Waals surface area contributed by atoms with Gasteiger partial charge in [-0.15, -0.1) is 5.06 Å². The zero-order chi connectivity index (χ0) is 14.8. The summed E-state index contributed by atoms with van der Waals surface area (Å²) in [6, 6.07) is 3.54. The van der Waals surface area contributed by atoms with E-state index < -0.39 is 6.16 Å². The zero-order valence-electron chi connectivity index (χ0n) is 12.0. The fraction of sp³-hybridized carbons (Fsp3) is 0.500. The van der Waals surface area contributed by atoms with Gasteiger partial charge < -0.3 is 14.1 Å². The van der Waals surface area contributed by atoms with Crippen molar-refractivity contribution in [2.45, 2.75) is 26.7 Å². The average Bonchev–Trinajstić information content (AvgIpc) is 2.83. The maximum Gasteiger partial charge on any atom is 0.535 e. The lowest BCUT2D eigenvalue weighted by Crippen LogP contribution is -2.35. The summed E-state index contributed by atoms with van der Waals surface area (Å²) in [6.07, 6.45) is 1.20. The topological polar surface area (TPSA) is 77.7 Å². The van der Waals surface area contributed by atoms with Crippen LogP contribution in [0.1, 0.15) is 25.5 Å². The molecule has 0 amide bonds. The molecule has 1 saturated heterocycles. The number of piperidine rings is 1. The molecule has 3 heterocycles. The first-order valence-corrected chi connectivity index (χ1v) is 6.99. The van der Waals surface area contributed by atoms with Gasteiger partial charge in [-0.3, -0.25) is 0 Å². The van der Waals surface area contributed by atoms with E-state index in [-0.39, 0.29) is 5.88 Å². The van der Waals surface area contributed by atoms with Crippen LogP contribution >= 0.6 is 0 Å². The van der Waals surface area contributed by atoms with E-state index in [0.717, 1.165) is 31.6 Å². The van der Waals surface area contributed by atoms with Crippen molar-refractivity contribution in [1.82, 2.24) is 15.2 Å². The minimum Gasteiger partial charge on any atom is -0.371 e. The lowest BCUT2D eigenvalue weighted by molar-refractivity contribution is -0.132. The first kappa shape index (κ1) is 13.8. The van der Waals surface area contributed by atoms with E-state index in [1.807, 2.05) is 6.92 Å². The Morgan fingerprint density at radius 2 is 2.14 bits per heavy atom. The van der Waals surface area contributed by atoms with E-state index in [1.54, 1.807) is 17.2 Å². The Morgan fingerprint density at radius 1 is 1.38 bits per heavy atom. The van der Waals surface area contributed by atoms with Crippen molar-refractivity contribution >= 4 is 17.3 Å². The minimum atomic E-state index is -0.805. The van der Waals surface area contributed by atoms with Gasteiger partial charge in [0.2, 0.25) is 0 Å². The molecule has 0 radical (unpaired) electrons. The highest BCUT2D eigenvalue weighted by Crippen LogP contribution is 2.24. The quantitative estimate of drug-likeness (QED) is 0.787. The van der Waals surface area contributed by atoms with Gasteiger partial charge in [-0.2, -0.15) is 0 Å². The molecule has 1 aliphatic rings. The summed E-state index contributed by atoms with van der Waals surface area (Å²) >= 11 is 0. The molecule has 0 spiro atoms. The molecule has 21 heavy (non-hydrogen) atoms. The number of carbonyl (C=O) groups excluding carboxylic acids is 1. The van der Waals surface area contributed by atoms with Crippen LogP contribution in [0.15, 0.2) is 16.7 Å². The van der Waals surface area contributed by atoms with Crippen LogP contribution in [0.4, 0.5) is 4.79 Å². The van der Waals surface area contributed by atoms with Gasteiger partial charge in [0.05, 0.1) is 0 Å². The largest absolute Gasteiger partial charge is 0.535 e. The third-order valence-electron chi connectivity index (χ3n) is 3.57. The van der Waals surface area contributed by atoms with Crippen LogP contribution in [0.5, 0.6) is 5.88 Å². The van der Waals surface area contributed by atoms with Gasteiger partial charge in [-0.1, -0.05) is 6.92 Å². The third kappa shape index (κ3) is 3.13. The van der Waals surface area contributed by atoms with Gasteiger partial charge in [0.15, 0.2) is 0 Å². The average molecular weight is 291 g/mol. The van der Waals surface area contributed by atoms with Gasteiger partial charge in [-0.25, -0.2) is 9.78 Å². The normalized spacial score (nSPS) is 17.0. The number of pyridine rings is 1. The van der Waals surface area contributed by atoms with E-state index in [0.29, 0.717) is 17.0 Å². The van der Waals surface area contributed by atoms with Crippen LogP contribution in [-0.4, -0.2) is 34.4 Å². The molecule has 2 aromatic rings. The number of hydroxylamine groups is 2. The van der Waals surface area contributed by atoms with Crippen LogP contribution in [0.25, 0.3) is 11.1 Å². The summed E-state index contributed by atoms with van der Waals surface area (Å²) in [5.41, 5.74) is 1.14. The maximum absolute atomic E-state index is 11.8. The molecule has 0 bridgehead atoms. The van der Waals surface area contributed by atoms with E-state index >= 15 is 0 Å². The monoisotopic (exact) mass is 291 g/mol. The van der Waals surface area contributed by atoms with Gasteiger partial charge in [0.25, 0.3) is 11.6 Å². The number of rotatable bonds is 2. The lowest BCUT2D eigenvalue weighted by Gasteiger charge is -2.27. The zero-order valence-corrected chi connectivity index (χ0v) is 12.0. The molecule has 7 nitrogen and oxygen atoms in total. The molecule has 0 aliphatic carbocycles. The lowest BCUT2D eigenvalue weighted by atomic mass is 10.0. The van der Waals surface area contributed by atoms with Crippen LogP contribution in [-0.2, 0) is 4.84 Å². The van der Waals surface area contributed by atoms with Gasteiger partial charge in [-0.05, 0) is 43.0 Å². The molecular weight excluding hydrogens is 274 g/mol. The van der Waals surface area contributed by atoms with E-state index in [1.165, 1.54) is 0 Å². The molecule has 0 N–H and O–H groups in total. The summed E-state index contributed by atoms with van der Waals surface area (Å²) in [5.74, 6) is 0.738. The molecule has 0 aromatic carbocycles. The first-order chi connectivity index (χ1) is 10.1. The van der Waals surface area contributed by atoms with Gasteiger partial charge in [0, 0.05) is 18.8 Å². The Bertz CT molecular complexity index is 647. The van der Waals surface area contributed by atoms with Crippen molar-refractivity contribution in [3.8, 4) is 5.88 Å². The number of carbonyl (C=O) groups is 1. The predicted octanol–water partition coefficient (Wildman–Crippen LogP) is 2.69. The van der Waals surface area contributed by atoms with E-state index in [4.69, 9.17) is 14.1 Å². The molecule has 1 aliphatic heterocycles. The van der Waals surface area contributed by atoms with E-state index in [2.05, 4.69) is 17.1 Å². The van der Waals surface area contributed by atoms with E-state index in [9.17, 15) is 4.79 Å². The number of ether oxygens (including phenoxy) is 1. The highest BCUT2D eigenvalue weighted by atomic mass is 16.8. The fourth-order valence-electron chi connectivity index (χ4n) is 2.25.